The number of carbonyl (C=O) groups excluding carboxylic acids is 2. The number of alkyl halides is 3. The molecule has 0 aliphatic carbocycles. The monoisotopic (exact) mass is 580 g/mol. The second-order valence-corrected chi connectivity index (χ2v) is 10.3. The highest BCUT2D eigenvalue weighted by Gasteiger charge is 2.39. The first-order valence-electron chi connectivity index (χ1n) is 13.4. The van der Waals surface area contributed by atoms with Gasteiger partial charge < -0.3 is 14.5 Å². The highest BCUT2D eigenvalue weighted by molar-refractivity contribution is 6.00. The molecule has 1 fully saturated rings. The molecule has 1 saturated heterocycles. The average Bonchev–Trinajstić information content (AvgIpc) is 3.40. The minimum Gasteiger partial charge on any atom is -0.497 e. The summed E-state index contributed by atoms with van der Waals surface area (Å²) in [5.41, 5.74) is 0.119. The lowest BCUT2D eigenvalue weighted by Gasteiger charge is -2.39. The average molecular weight is 581 g/mol. The third-order valence-corrected chi connectivity index (χ3v) is 7.50. The second kappa shape index (κ2) is 11.4. The van der Waals surface area contributed by atoms with E-state index in [4.69, 9.17) is 4.74 Å². The molecule has 0 spiro atoms. The molecule has 220 valence electrons. The normalized spacial score (nSPS) is 15.1. The number of likely N-dealkylation sites (N-methyl/N-ethyl adjacent to an activating group) is 1. The summed E-state index contributed by atoms with van der Waals surface area (Å²) in [6, 6.07) is 15.4. The number of nitrogens with zero attached hydrogens (tertiary/aromatic N) is 6. The first-order chi connectivity index (χ1) is 20.0. The molecule has 4 aromatic rings. The van der Waals surface area contributed by atoms with Gasteiger partial charge in [0.25, 0.3) is 5.91 Å². The van der Waals surface area contributed by atoms with Gasteiger partial charge in [-0.3, -0.25) is 14.5 Å². The van der Waals surface area contributed by atoms with Gasteiger partial charge in [0, 0.05) is 51.4 Å². The predicted octanol–water partition coefficient (Wildman–Crippen LogP) is 4.32. The zero-order chi connectivity index (χ0) is 30.2. The summed E-state index contributed by atoms with van der Waals surface area (Å²) in [6.07, 6.45) is -3.60. The molecular formula is C30H31F3N6O3. The van der Waals surface area contributed by atoms with Crippen LogP contribution >= 0.6 is 0 Å². The molecule has 0 radical (unpaired) electrons. The van der Waals surface area contributed by atoms with Crippen LogP contribution in [-0.4, -0.2) is 88.5 Å². The molecule has 3 heterocycles. The molecule has 5 rings (SSSR count). The number of benzene rings is 2. The van der Waals surface area contributed by atoms with Gasteiger partial charge >= 0.3 is 6.18 Å². The van der Waals surface area contributed by atoms with Gasteiger partial charge in [-0.05, 0) is 36.8 Å². The maximum Gasteiger partial charge on any atom is 0.433 e. The Bertz CT molecular complexity index is 1590. The van der Waals surface area contributed by atoms with E-state index in [2.05, 4.69) is 10.1 Å². The molecule has 9 nitrogen and oxygen atoms in total. The van der Waals surface area contributed by atoms with E-state index >= 15 is 0 Å². The molecule has 1 aliphatic rings. The van der Waals surface area contributed by atoms with E-state index < -0.39 is 23.8 Å². The topological polar surface area (TPSA) is 83.3 Å². The van der Waals surface area contributed by atoms with Gasteiger partial charge in [-0.15, -0.1) is 0 Å². The van der Waals surface area contributed by atoms with Crippen molar-refractivity contribution in [2.75, 3.05) is 47.4 Å². The summed E-state index contributed by atoms with van der Waals surface area (Å²) in [7, 11) is 4.90. The maximum absolute atomic E-state index is 14.3. The van der Waals surface area contributed by atoms with Crippen LogP contribution in [-0.2, 0) is 11.0 Å². The number of halogens is 3. The molecule has 0 unspecified atom stereocenters. The molecule has 12 heteroatoms. The molecule has 1 aliphatic heterocycles. The van der Waals surface area contributed by atoms with E-state index in [-0.39, 0.29) is 41.5 Å². The number of carbonyl (C=O) groups is 2. The Morgan fingerprint density at radius 3 is 2.19 bits per heavy atom. The highest BCUT2D eigenvalue weighted by atomic mass is 19.4. The van der Waals surface area contributed by atoms with Crippen LogP contribution in [0.1, 0.15) is 33.2 Å². The van der Waals surface area contributed by atoms with Crippen molar-refractivity contribution in [2.45, 2.75) is 19.1 Å². The van der Waals surface area contributed by atoms with E-state index in [0.29, 0.717) is 28.9 Å². The Morgan fingerprint density at radius 2 is 1.62 bits per heavy atom. The summed E-state index contributed by atoms with van der Waals surface area (Å²) in [5, 5.41) is 3.96. The molecule has 2 aromatic heterocycles. The van der Waals surface area contributed by atoms with Crippen LogP contribution in [0.25, 0.3) is 16.9 Å². The number of ether oxygens (including phenoxy) is 1. The smallest absolute Gasteiger partial charge is 0.433 e. The van der Waals surface area contributed by atoms with E-state index in [1.54, 1.807) is 48.2 Å². The van der Waals surface area contributed by atoms with E-state index in [1.165, 1.54) is 14.0 Å². The third kappa shape index (κ3) is 5.41. The summed E-state index contributed by atoms with van der Waals surface area (Å²) >= 11 is 0. The van der Waals surface area contributed by atoms with Crippen LogP contribution < -0.4 is 4.74 Å². The van der Waals surface area contributed by atoms with Gasteiger partial charge in [-0.2, -0.15) is 18.3 Å². The first kappa shape index (κ1) is 29.1. The van der Waals surface area contributed by atoms with Gasteiger partial charge in [-0.1, -0.05) is 30.3 Å². The second-order valence-electron chi connectivity index (χ2n) is 10.3. The molecule has 1 atom stereocenters. The van der Waals surface area contributed by atoms with E-state index in [9.17, 15) is 22.8 Å². The van der Waals surface area contributed by atoms with Gasteiger partial charge in [0.15, 0.2) is 11.3 Å². The van der Waals surface area contributed by atoms with Crippen LogP contribution in [0.15, 0.2) is 60.8 Å². The molecule has 2 amide bonds. The molecule has 0 bridgehead atoms. The summed E-state index contributed by atoms with van der Waals surface area (Å²) in [6.45, 7) is 2.71. The fourth-order valence-electron chi connectivity index (χ4n) is 5.33. The Labute approximate surface area is 241 Å². The van der Waals surface area contributed by atoms with Crippen molar-refractivity contribution >= 4 is 17.5 Å². The fraction of sp³-hybridized carbons (Fsp3) is 0.333. The summed E-state index contributed by atoms with van der Waals surface area (Å²) in [4.78, 5) is 36.4. The number of hydrogen-bond acceptors (Lipinski definition) is 6. The first-order valence-corrected chi connectivity index (χ1v) is 13.4. The van der Waals surface area contributed by atoms with Crippen molar-refractivity contribution in [1.82, 2.24) is 29.3 Å². The maximum atomic E-state index is 14.3. The Hall–Kier alpha value is -4.45. The standard InChI is InChI=1S/C30H31F3N6O3/c1-19-24(20-10-12-22(42-4)13-11-20)35-27-23(18-34-39(27)26(19)30(31,32)33)28(40)38-16-14-37(15-17-38)25(29(41)36(2)3)21-8-6-5-7-9-21/h5-13,18,25H,14-17H2,1-4H3/t25-/m1/s1. The zero-order valence-corrected chi connectivity index (χ0v) is 23.7. The number of hydrogen-bond donors (Lipinski definition) is 0. The van der Waals surface area contributed by atoms with Gasteiger partial charge in [0.1, 0.15) is 17.4 Å². The summed E-state index contributed by atoms with van der Waals surface area (Å²) < 4.78 is 48.8. The minimum absolute atomic E-state index is 0.0207. The minimum atomic E-state index is -4.74. The third-order valence-electron chi connectivity index (χ3n) is 7.50. The number of piperazine rings is 1. The number of methoxy groups -OCH3 is 1. The van der Waals surface area contributed by atoms with Crippen LogP contribution in [0.3, 0.4) is 0 Å². The largest absolute Gasteiger partial charge is 0.497 e. The van der Waals surface area contributed by atoms with Crippen molar-refractivity contribution in [2.24, 2.45) is 0 Å². The van der Waals surface area contributed by atoms with Crippen molar-refractivity contribution < 1.29 is 27.5 Å². The van der Waals surface area contributed by atoms with Gasteiger partial charge in [-0.25, -0.2) is 9.50 Å². The van der Waals surface area contributed by atoms with Crippen LogP contribution in [0.4, 0.5) is 13.2 Å². The van der Waals surface area contributed by atoms with Crippen molar-refractivity contribution in [3.8, 4) is 17.0 Å². The number of rotatable bonds is 6. The molecule has 2 aromatic carbocycles. The Morgan fingerprint density at radius 1 is 0.976 bits per heavy atom. The quantitative estimate of drug-likeness (QED) is 0.338. The fourth-order valence-corrected chi connectivity index (χ4v) is 5.33. The van der Waals surface area contributed by atoms with Crippen LogP contribution in [0.5, 0.6) is 5.75 Å². The number of amides is 2. The van der Waals surface area contributed by atoms with Crippen molar-refractivity contribution in [1.29, 1.82) is 0 Å². The summed E-state index contributed by atoms with van der Waals surface area (Å²) in [5.74, 6) is 0.00796. The molecule has 0 saturated carbocycles. The molecule has 42 heavy (non-hydrogen) atoms. The van der Waals surface area contributed by atoms with Gasteiger partial charge in [0.2, 0.25) is 5.91 Å². The van der Waals surface area contributed by atoms with Crippen molar-refractivity contribution in [3.05, 3.63) is 83.2 Å². The zero-order valence-electron chi connectivity index (χ0n) is 23.7. The van der Waals surface area contributed by atoms with Gasteiger partial charge in [0.05, 0.1) is 19.0 Å². The highest BCUT2D eigenvalue weighted by Crippen LogP contribution is 2.37. The SMILES string of the molecule is COc1ccc(-c2nc3c(C(=O)N4CCN([C@@H](C(=O)N(C)C)c5ccccc5)CC4)cnn3c(C(F)(F)F)c2C)cc1. The lowest BCUT2D eigenvalue weighted by molar-refractivity contribution is -0.143. The predicted molar refractivity (Wildman–Crippen MR) is 150 cm³/mol. The lowest BCUT2D eigenvalue weighted by Crippen LogP contribution is -2.52. The lowest BCUT2D eigenvalue weighted by atomic mass is 10.0. The van der Waals surface area contributed by atoms with Crippen LogP contribution in [0.2, 0.25) is 0 Å². The molecular weight excluding hydrogens is 549 g/mol. The van der Waals surface area contributed by atoms with E-state index in [0.717, 1.165) is 11.8 Å². The number of fused-ring (bicyclic) bond motifs is 1. The van der Waals surface area contributed by atoms with Crippen LogP contribution in [0, 0.1) is 6.92 Å². The Kier molecular flexibility index (Phi) is 7.91. The Balaban J connectivity index is 1.46. The van der Waals surface area contributed by atoms with E-state index in [1.807, 2.05) is 35.2 Å². The number of aromatic nitrogens is 3. The molecule has 0 N–H and O–H groups in total. The van der Waals surface area contributed by atoms with Crippen molar-refractivity contribution in [3.63, 3.8) is 0 Å².